The summed E-state index contributed by atoms with van der Waals surface area (Å²) in [7, 11) is 7.37. The molecule has 0 amide bonds. The normalized spacial score (nSPS) is 11.3. The third kappa shape index (κ3) is 27.5. The van der Waals surface area contributed by atoms with E-state index < -0.39 is 0 Å². The van der Waals surface area contributed by atoms with Crippen LogP contribution in [-0.4, -0.2) is 111 Å². The summed E-state index contributed by atoms with van der Waals surface area (Å²) in [6.07, 6.45) is 11.4. The van der Waals surface area contributed by atoms with Crippen molar-refractivity contribution in [2.24, 2.45) is 0 Å². The van der Waals surface area contributed by atoms with Gasteiger partial charge in [0.15, 0.2) is 17.1 Å². The Bertz CT molecular complexity index is 6180. The zero-order valence-electron chi connectivity index (χ0n) is 72.7. The molecule has 0 atom stereocenters. The van der Waals surface area contributed by atoms with Gasteiger partial charge >= 0.3 is 0 Å². The van der Waals surface area contributed by atoms with E-state index in [1.54, 1.807) is 26.6 Å². The lowest BCUT2D eigenvalue weighted by Gasteiger charge is -2.21. The second-order valence-corrected chi connectivity index (χ2v) is 33.0. The number of fused-ring (bicyclic) bond motifs is 5. The topological polar surface area (TPSA) is 210 Å². The lowest BCUT2D eigenvalue weighted by Crippen LogP contribution is -2.24. The zero-order valence-corrected chi connectivity index (χ0v) is 72.7. The standard InChI is InChI=1S/C22H25N3O.C21H22N2O2.C21H20N2O2.C20H18N2O.C19H17N3O/c1-22(2,3)26-21-20(23-18-8-6-7-9-19(18)24-21)15-12-16-10-13-17(14-11-16)25(4)5;2*1-21(2,3)25-20-19(22-17-7-5-6-8-18(17)23-20)14-11-15-9-12-16(24-4)13-10-15;1-20(2,3)23-19-18(14-13-15-9-5-4-6-10-15)21-16-11-7-8-12-17(16)22-19;1-19(2,3)23-18-17(11-10-14-7-6-12-20-13-14)21-15-8-4-5-9-16(15)22-18/h6-15H,1-5H3;5-14H,1-4H3;5-10,12-13H,1-4H3;4-12H,1-3H3;4-9,12-13H,1-3H3/b15-12+;14-11+;;;. The van der Waals surface area contributed by atoms with Crippen LogP contribution in [0.2, 0.25) is 0 Å². The molecule has 6 aromatic heterocycles. The maximum atomic E-state index is 6.05. The Morgan fingerprint density at radius 1 is 0.262 bits per heavy atom. The fourth-order valence-electron chi connectivity index (χ4n) is 11.2. The first-order valence-electron chi connectivity index (χ1n) is 39.9. The summed E-state index contributed by atoms with van der Waals surface area (Å²) in [5.74, 6) is 22.6. The zero-order chi connectivity index (χ0) is 87.0. The lowest BCUT2D eigenvalue weighted by atomic mass is 10.1. The highest BCUT2D eigenvalue weighted by atomic mass is 16.5. The Labute approximate surface area is 715 Å². The van der Waals surface area contributed by atoms with Gasteiger partial charge in [-0.05, 0) is 278 Å². The highest BCUT2D eigenvalue weighted by molar-refractivity contribution is 5.82. The number of hydrogen-bond acceptors (Lipinski definition) is 19. The molecule has 6 heterocycles. The van der Waals surface area contributed by atoms with E-state index in [0.29, 0.717) is 52.2 Å². The quantitative estimate of drug-likeness (QED) is 0.104. The van der Waals surface area contributed by atoms with Crippen molar-refractivity contribution >= 4 is 85.2 Å². The molecule has 0 unspecified atom stereocenters. The number of benzene rings is 9. The summed E-state index contributed by atoms with van der Waals surface area (Å²) >= 11 is 0. The summed E-state index contributed by atoms with van der Waals surface area (Å²) in [6.45, 7) is 29.8. The maximum absolute atomic E-state index is 6.05. The predicted molar refractivity (Wildman–Crippen MR) is 493 cm³/mol. The molecule has 0 bridgehead atoms. The summed E-state index contributed by atoms with van der Waals surface area (Å²) in [4.78, 5) is 52.5. The molecule has 616 valence electrons. The van der Waals surface area contributed by atoms with Gasteiger partial charge in [0.25, 0.3) is 0 Å². The first kappa shape index (κ1) is 88.2. The van der Waals surface area contributed by atoms with Crippen molar-refractivity contribution in [1.82, 2.24) is 54.8 Å². The molecule has 9 aromatic carbocycles. The minimum atomic E-state index is -0.381. The Kier molecular flexibility index (Phi) is 29.1. The number of para-hydroxylation sites is 10. The van der Waals surface area contributed by atoms with E-state index in [9.17, 15) is 0 Å². The summed E-state index contributed by atoms with van der Waals surface area (Å²) in [6, 6.07) is 76.1. The molecule has 15 rings (SSSR count). The Morgan fingerprint density at radius 3 is 0.844 bits per heavy atom. The van der Waals surface area contributed by atoms with Crippen LogP contribution in [0.1, 0.15) is 160 Å². The molecule has 0 aliphatic heterocycles. The molecule has 19 heteroatoms. The maximum Gasteiger partial charge on any atom is 0.250 e. The van der Waals surface area contributed by atoms with Crippen molar-refractivity contribution < 1.29 is 33.2 Å². The number of ether oxygens (including phenoxy) is 7. The van der Waals surface area contributed by atoms with Gasteiger partial charge in [0.05, 0.1) is 69.4 Å². The Morgan fingerprint density at radius 2 is 0.533 bits per heavy atom. The van der Waals surface area contributed by atoms with Gasteiger partial charge in [-0.1, -0.05) is 133 Å². The van der Waals surface area contributed by atoms with Crippen LogP contribution in [0.4, 0.5) is 5.69 Å². The van der Waals surface area contributed by atoms with Crippen molar-refractivity contribution in [3.05, 3.63) is 305 Å². The molecule has 0 saturated carbocycles. The summed E-state index contributed by atoms with van der Waals surface area (Å²) in [5, 5.41) is 0. The van der Waals surface area contributed by atoms with Gasteiger partial charge in [0.1, 0.15) is 50.9 Å². The molecule has 0 fully saturated rings. The van der Waals surface area contributed by atoms with E-state index in [-0.39, 0.29) is 28.0 Å². The Hall–Kier alpha value is -14.6. The fourth-order valence-corrected chi connectivity index (χ4v) is 11.2. The second-order valence-electron chi connectivity index (χ2n) is 33.0. The van der Waals surface area contributed by atoms with Crippen LogP contribution in [-0.2, 0) is 0 Å². The minimum Gasteiger partial charge on any atom is -0.497 e. The molecule has 0 spiro atoms. The summed E-state index contributed by atoms with van der Waals surface area (Å²) < 4.78 is 40.3. The molecule has 0 radical (unpaired) electrons. The van der Waals surface area contributed by atoms with Crippen LogP contribution in [0, 0.1) is 35.5 Å². The third-order valence-corrected chi connectivity index (χ3v) is 16.7. The summed E-state index contributed by atoms with van der Waals surface area (Å²) in [5.41, 5.74) is 15.4. The van der Waals surface area contributed by atoms with Crippen LogP contribution >= 0.6 is 0 Å². The van der Waals surface area contributed by atoms with Crippen molar-refractivity contribution in [3.63, 3.8) is 0 Å². The molecule has 0 saturated heterocycles. The fraction of sp³-hybridized carbons (Fsp3) is 0.233. The lowest BCUT2D eigenvalue weighted by molar-refractivity contribution is 0.123. The molecule has 0 N–H and O–H groups in total. The second kappa shape index (κ2) is 40.2. The molecule has 122 heavy (non-hydrogen) atoms. The van der Waals surface area contributed by atoms with Gasteiger partial charge in [-0.3, -0.25) is 4.98 Å². The highest BCUT2D eigenvalue weighted by Gasteiger charge is 2.23. The van der Waals surface area contributed by atoms with Crippen molar-refractivity contribution in [1.29, 1.82) is 0 Å². The predicted octanol–water partition coefficient (Wildman–Crippen LogP) is 22.1. The number of methoxy groups -OCH3 is 2. The van der Waals surface area contributed by atoms with Crippen LogP contribution in [0.25, 0.3) is 79.5 Å². The van der Waals surface area contributed by atoms with Crippen molar-refractivity contribution in [2.45, 2.75) is 132 Å². The van der Waals surface area contributed by atoms with E-state index in [2.05, 4.69) is 110 Å². The largest absolute Gasteiger partial charge is 0.497 e. The van der Waals surface area contributed by atoms with Gasteiger partial charge in [0.2, 0.25) is 29.4 Å². The van der Waals surface area contributed by atoms with Gasteiger partial charge in [-0.25, -0.2) is 49.8 Å². The van der Waals surface area contributed by atoms with Crippen LogP contribution in [0.5, 0.6) is 40.9 Å². The number of pyridine rings is 1. The van der Waals surface area contributed by atoms with Crippen LogP contribution in [0.15, 0.2) is 249 Å². The molecule has 19 nitrogen and oxygen atoms in total. The van der Waals surface area contributed by atoms with Crippen LogP contribution in [0.3, 0.4) is 0 Å². The van der Waals surface area contributed by atoms with Gasteiger partial charge in [-0.15, -0.1) is 0 Å². The van der Waals surface area contributed by atoms with Gasteiger partial charge in [-0.2, -0.15) is 0 Å². The Balaban J connectivity index is 0.000000149. The SMILES string of the molecule is CC(C)(C)Oc1nc2ccccc2nc1C#Cc1ccccc1.CC(C)(C)Oc1nc2ccccc2nc1C#Cc1cccnc1.CN(C)c1ccc(/C=C/c2nc3ccccc3nc2OC(C)(C)C)cc1.COc1ccc(/C=C/c2nc3ccccc3nc2OC(C)(C)C)cc1.COc1ccc(C#Cc2nc3ccccc3nc2OC(C)(C)C)cc1. The number of hydrogen-bond donors (Lipinski definition) is 0. The number of anilines is 1. The first-order chi connectivity index (χ1) is 58.2. The molecule has 15 aromatic rings. The highest BCUT2D eigenvalue weighted by Crippen LogP contribution is 2.31. The molecular weight excluding hydrogens is 1520 g/mol. The number of rotatable bonds is 12. The smallest absolute Gasteiger partial charge is 0.250 e. The number of nitrogens with zero attached hydrogens (tertiary/aromatic N) is 12. The first-order valence-corrected chi connectivity index (χ1v) is 39.9. The molecule has 0 aliphatic rings. The monoisotopic (exact) mass is 1620 g/mol. The van der Waals surface area contributed by atoms with E-state index in [1.807, 2.05) is 355 Å². The van der Waals surface area contributed by atoms with E-state index in [1.165, 1.54) is 5.69 Å². The van der Waals surface area contributed by atoms with E-state index >= 15 is 0 Å². The van der Waals surface area contributed by atoms with Gasteiger partial charge < -0.3 is 38.1 Å². The van der Waals surface area contributed by atoms with Crippen LogP contribution < -0.4 is 38.1 Å². The van der Waals surface area contributed by atoms with Crippen molar-refractivity contribution in [2.75, 3.05) is 33.2 Å². The van der Waals surface area contributed by atoms with Gasteiger partial charge in [0, 0.05) is 48.9 Å². The van der Waals surface area contributed by atoms with Crippen molar-refractivity contribution in [3.8, 4) is 76.4 Å². The third-order valence-electron chi connectivity index (χ3n) is 16.7. The molecule has 0 aliphatic carbocycles. The van der Waals surface area contributed by atoms with E-state index in [0.717, 1.165) is 100 Å². The molecular formula is C103H102N12O7. The van der Waals surface area contributed by atoms with E-state index in [4.69, 9.17) is 43.1 Å². The average molecular weight is 1620 g/mol. The minimum absolute atomic E-state index is 0.340. The average Bonchev–Trinajstić information content (AvgIpc) is 0.826. The number of aromatic nitrogens is 11.